The van der Waals surface area contributed by atoms with Crippen molar-refractivity contribution in [3.8, 4) is 0 Å². The van der Waals surface area contributed by atoms with Crippen LogP contribution >= 0.6 is 0 Å². The van der Waals surface area contributed by atoms with E-state index in [9.17, 15) is 17.6 Å². The van der Waals surface area contributed by atoms with Crippen LogP contribution in [0.2, 0.25) is 0 Å². The van der Waals surface area contributed by atoms with E-state index in [0.717, 1.165) is 12.3 Å². The lowest BCUT2D eigenvalue weighted by Gasteiger charge is -2.44. The van der Waals surface area contributed by atoms with E-state index in [-0.39, 0.29) is 18.8 Å². The number of nitrogens with zero attached hydrogens (tertiary/aromatic N) is 3. The fraction of sp³-hybridized carbons (Fsp3) is 0.357. The van der Waals surface area contributed by atoms with Gasteiger partial charge in [-0.1, -0.05) is 6.07 Å². The number of rotatable bonds is 3. The van der Waals surface area contributed by atoms with Gasteiger partial charge < -0.3 is 5.32 Å². The first-order valence-electron chi connectivity index (χ1n) is 6.63. The van der Waals surface area contributed by atoms with Crippen molar-refractivity contribution >= 4 is 5.95 Å². The predicted octanol–water partition coefficient (Wildman–Crippen LogP) is 3.33. The minimum Gasteiger partial charge on any atom is -0.343 e. The standard InChI is InChI=1S/C14H12F4N4/c15-9-7-13(8-9,10-3-1-2-5-19-10)22-12-20-6-4-11(21-12)14(16,17)18/h1-6,9H,7-8H2,(H,20,21,22). The second-order valence-electron chi connectivity index (χ2n) is 5.19. The topological polar surface area (TPSA) is 50.7 Å². The summed E-state index contributed by atoms with van der Waals surface area (Å²) < 4.78 is 51.5. The maximum atomic E-state index is 13.4. The molecule has 0 unspecified atom stereocenters. The highest BCUT2D eigenvalue weighted by atomic mass is 19.4. The van der Waals surface area contributed by atoms with Crippen molar-refractivity contribution in [3.63, 3.8) is 0 Å². The molecule has 0 aromatic carbocycles. The number of aromatic nitrogens is 3. The summed E-state index contributed by atoms with van der Waals surface area (Å²) in [6, 6.07) is 5.94. The quantitative estimate of drug-likeness (QED) is 0.883. The number of hydrogen-bond acceptors (Lipinski definition) is 4. The molecule has 1 aliphatic rings. The van der Waals surface area contributed by atoms with Crippen LogP contribution in [-0.4, -0.2) is 21.1 Å². The molecule has 22 heavy (non-hydrogen) atoms. The normalized spacial score (nSPS) is 24.6. The zero-order valence-corrected chi connectivity index (χ0v) is 11.3. The molecule has 1 N–H and O–H groups in total. The number of alkyl halides is 4. The SMILES string of the molecule is FC1CC(Nc2nccc(C(F)(F)F)n2)(c2ccccn2)C1. The first-order valence-corrected chi connectivity index (χ1v) is 6.63. The minimum atomic E-state index is -4.56. The van der Waals surface area contributed by atoms with Crippen molar-refractivity contribution in [2.45, 2.75) is 30.7 Å². The Hall–Kier alpha value is -2.25. The zero-order valence-electron chi connectivity index (χ0n) is 11.3. The molecule has 1 saturated carbocycles. The molecule has 0 spiro atoms. The Morgan fingerprint density at radius 1 is 1.09 bits per heavy atom. The van der Waals surface area contributed by atoms with Crippen LogP contribution in [-0.2, 0) is 11.7 Å². The van der Waals surface area contributed by atoms with Gasteiger partial charge in [-0.2, -0.15) is 13.2 Å². The summed E-state index contributed by atoms with van der Waals surface area (Å²) in [4.78, 5) is 11.4. The lowest BCUT2D eigenvalue weighted by Crippen LogP contribution is -2.49. The second kappa shape index (κ2) is 5.19. The monoisotopic (exact) mass is 312 g/mol. The minimum absolute atomic E-state index is 0.115. The first-order chi connectivity index (χ1) is 10.4. The summed E-state index contributed by atoms with van der Waals surface area (Å²) in [5.74, 6) is -0.188. The largest absolute Gasteiger partial charge is 0.433 e. The molecule has 0 atom stereocenters. The van der Waals surface area contributed by atoms with Crippen LogP contribution in [0.3, 0.4) is 0 Å². The lowest BCUT2D eigenvalue weighted by molar-refractivity contribution is -0.141. The highest BCUT2D eigenvalue weighted by Gasteiger charge is 2.48. The summed E-state index contributed by atoms with van der Waals surface area (Å²) in [6.07, 6.45) is -2.78. The van der Waals surface area contributed by atoms with Gasteiger partial charge in [0, 0.05) is 25.2 Å². The summed E-state index contributed by atoms with van der Waals surface area (Å²) in [5, 5.41) is 2.83. The molecule has 2 heterocycles. The van der Waals surface area contributed by atoms with E-state index >= 15 is 0 Å². The Morgan fingerprint density at radius 2 is 1.86 bits per heavy atom. The van der Waals surface area contributed by atoms with Crippen LogP contribution in [0.25, 0.3) is 0 Å². The van der Waals surface area contributed by atoms with Crippen LogP contribution in [0.1, 0.15) is 24.2 Å². The zero-order chi connectivity index (χ0) is 15.8. The van der Waals surface area contributed by atoms with Crippen molar-refractivity contribution < 1.29 is 17.6 Å². The fourth-order valence-corrected chi connectivity index (χ4v) is 2.51. The van der Waals surface area contributed by atoms with E-state index in [1.165, 1.54) is 0 Å². The molecule has 116 valence electrons. The van der Waals surface area contributed by atoms with Crippen LogP contribution < -0.4 is 5.32 Å². The predicted molar refractivity (Wildman–Crippen MR) is 70.7 cm³/mol. The smallest absolute Gasteiger partial charge is 0.343 e. The van der Waals surface area contributed by atoms with Gasteiger partial charge in [0.25, 0.3) is 0 Å². The summed E-state index contributed by atoms with van der Waals surface area (Å²) in [5.41, 5.74) is -1.35. The average molecular weight is 312 g/mol. The highest BCUT2D eigenvalue weighted by molar-refractivity contribution is 5.38. The molecule has 2 aromatic heterocycles. The molecule has 0 amide bonds. The van der Waals surface area contributed by atoms with Crippen molar-refractivity contribution in [1.82, 2.24) is 15.0 Å². The molecule has 2 aromatic rings. The van der Waals surface area contributed by atoms with Crippen LogP contribution in [0.15, 0.2) is 36.7 Å². The van der Waals surface area contributed by atoms with Crippen molar-refractivity contribution in [1.29, 1.82) is 0 Å². The van der Waals surface area contributed by atoms with Gasteiger partial charge in [-0.25, -0.2) is 14.4 Å². The van der Waals surface area contributed by atoms with Crippen LogP contribution in [0.4, 0.5) is 23.5 Å². The molecule has 1 aliphatic carbocycles. The average Bonchev–Trinajstić information content (AvgIpc) is 2.46. The first kappa shape index (κ1) is 14.7. The Kier molecular flexibility index (Phi) is 3.46. The molecular formula is C14H12F4N4. The molecule has 8 heteroatoms. The molecule has 0 saturated heterocycles. The van der Waals surface area contributed by atoms with E-state index in [4.69, 9.17) is 0 Å². The van der Waals surface area contributed by atoms with Crippen LogP contribution in [0, 0.1) is 0 Å². The molecule has 4 nitrogen and oxygen atoms in total. The molecule has 0 bridgehead atoms. The Bertz CT molecular complexity index is 653. The Morgan fingerprint density at radius 3 is 2.45 bits per heavy atom. The van der Waals surface area contributed by atoms with Gasteiger partial charge in [0.05, 0.1) is 11.2 Å². The van der Waals surface area contributed by atoms with Crippen LogP contribution in [0.5, 0.6) is 0 Å². The van der Waals surface area contributed by atoms with E-state index < -0.39 is 23.6 Å². The summed E-state index contributed by atoms with van der Waals surface area (Å²) in [6.45, 7) is 0. The highest BCUT2D eigenvalue weighted by Crippen LogP contribution is 2.44. The number of hydrogen-bond donors (Lipinski definition) is 1. The lowest BCUT2D eigenvalue weighted by atomic mass is 9.72. The number of halogens is 4. The van der Waals surface area contributed by atoms with Gasteiger partial charge in [-0.05, 0) is 18.2 Å². The summed E-state index contributed by atoms with van der Waals surface area (Å²) in [7, 11) is 0. The summed E-state index contributed by atoms with van der Waals surface area (Å²) >= 11 is 0. The molecule has 0 aliphatic heterocycles. The van der Waals surface area contributed by atoms with Gasteiger partial charge in [-0.3, -0.25) is 4.98 Å². The van der Waals surface area contributed by atoms with E-state index in [0.29, 0.717) is 5.69 Å². The fourth-order valence-electron chi connectivity index (χ4n) is 2.51. The third-order valence-corrected chi connectivity index (χ3v) is 3.59. The van der Waals surface area contributed by atoms with Crippen molar-refractivity contribution in [2.24, 2.45) is 0 Å². The van der Waals surface area contributed by atoms with Gasteiger partial charge in [0.1, 0.15) is 11.9 Å². The van der Waals surface area contributed by atoms with Crippen molar-refractivity contribution in [3.05, 3.63) is 48.0 Å². The molecule has 1 fully saturated rings. The second-order valence-corrected chi connectivity index (χ2v) is 5.19. The van der Waals surface area contributed by atoms with Gasteiger partial charge in [0.2, 0.25) is 5.95 Å². The maximum Gasteiger partial charge on any atom is 0.433 e. The van der Waals surface area contributed by atoms with Gasteiger partial charge in [0.15, 0.2) is 0 Å². The van der Waals surface area contributed by atoms with E-state index in [1.54, 1.807) is 24.4 Å². The van der Waals surface area contributed by atoms with E-state index in [1.807, 2.05) is 0 Å². The third kappa shape index (κ3) is 2.72. The van der Waals surface area contributed by atoms with Gasteiger partial charge in [-0.15, -0.1) is 0 Å². The molecular weight excluding hydrogens is 300 g/mol. The maximum absolute atomic E-state index is 13.4. The third-order valence-electron chi connectivity index (χ3n) is 3.59. The van der Waals surface area contributed by atoms with E-state index in [2.05, 4.69) is 20.3 Å². The number of nitrogens with one attached hydrogen (secondary N) is 1. The Labute approximate surface area is 123 Å². The number of anilines is 1. The molecule has 3 rings (SSSR count). The number of pyridine rings is 1. The molecule has 0 radical (unpaired) electrons. The Balaban J connectivity index is 1.90. The van der Waals surface area contributed by atoms with Gasteiger partial charge >= 0.3 is 6.18 Å². The van der Waals surface area contributed by atoms with Crippen molar-refractivity contribution in [2.75, 3.05) is 5.32 Å².